The number of amides is 2. The molecule has 132 valence electrons. The molecule has 0 unspecified atom stereocenters. The van der Waals surface area contributed by atoms with Crippen LogP contribution >= 0.6 is 11.8 Å². The highest BCUT2D eigenvalue weighted by molar-refractivity contribution is 7.98. The normalized spacial score (nSPS) is 24.0. The van der Waals surface area contributed by atoms with Gasteiger partial charge in [0.05, 0.1) is 0 Å². The zero-order valence-electron chi connectivity index (χ0n) is 14.7. The van der Waals surface area contributed by atoms with Crippen LogP contribution in [0.5, 0.6) is 0 Å². The molecular weight excluding hydrogens is 320 g/mol. The number of hydrogen-bond donors (Lipinski definition) is 1. The average Bonchev–Trinajstić information content (AvgIpc) is 2.88. The van der Waals surface area contributed by atoms with Gasteiger partial charge < -0.3 is 9.80 Å². The van der Waals surface area contributed by atoms with E-state index in [2.05, 4.69) is 33.9 Å². The van der Waals surface area contributed by atoms with Crippen LogP contribution in [-0.4, -0.2) is 58.3 Å². The van der Waals surface area contributed by atoms with Gasteiger partial charge in [0.2, 0.25) is 0 Å². The molecule has 0 spiro atoms. The van der Waals surface area contributed by atoms with Gasteiger partial charge in [0.1, 0.15) is 5.82 Å². The number of urea groups is 1. The maximum absolute atomic E-state index is 12.9. The highest BCUT2D eigenvalue weighted by Crippen LogP contribution is 2.30. The van der Waals surface area contributed by atoms with E-state index in [9.17, 15) is 4.79 Å². The number of nitrogens with zero attached hydrogens (tertiary/aromatic N) is 3. The average molecular weight is 349 g/mol. The molecule has 2 aliphatic heterocycles. The van der Waals surface area contributed by atoms with Crippen molar-refractivity contribution in [3.8, 4) is 0 Å². The van der Waals surface area contributed by atoms with Crippen molar-refractivity contribution in [1.82, 2.24) is 14.8 Å². The Kier molecular flexibility index (Phi) is 6.00. The van der Waals surface area contributed by atoms with Crippen molar-refractivity contribution < 1.29 is 4.79 Å². The molecular formula is C18H28N4OS. The van der Waals surface area contributed by atoms with Gasteiger partial charge in [-0.15, -0.1) is 0 Å². The lowest BCUT2D eigenvalue weighted by Crippen LogP contribution is -2.45. The number of nitrogens with one attached hydrogen (secondary N) is 1. The third-order valence-electron chi connectivity index (χ3n) is 5.08. The number of hydrogen-bond acceptors (Lipinski definition) is 4. The highest BCUT2D eigenvalue weighted by Gasteiger charge is 2.39. The van der Waals surface area contributed by atoms with Crippen LogP contribution in [0.2, 0.25) is 0 Å². The summed E-state index contributed by atoms with van der Waals surface area (Å²) in [6.45, 7) is 7.53. The van der Waals surface area contributed by atoms with Crippen LogP contribution in [0.1, 0.15) is 38.7 Å². The number of carbonyl (C=O) groups is 1. The second-order valence-corrected chi connectivity index (χ2v) is 7.87. The Balaban J connectivity index is 1.66. The van der Waals surface area contributed by atoms with Crippen molar-refractivity contribution in [2.75, 3.05) is 30.7 Å². The van der Waals surface area contributed by atoms with Gasteiger partial charge in [0.25, 0.3) is 0 Å². The Morgan fingerprint density at radius 1 is 1.33 bits per heavy atom. The zero-order valence-corrected chi connectivity index (χ0v) is 15.5. The van der Waals surface area contributed by atoms with Gasteiger partial charge in [0.15, 0.2) is 0 Å². The van der Waals surface area contributed by atoms with Crippen molar-refractivity contribution in [3.63, 3.8) is 0 Å². The second-order valence-electron chi connectivity index (χ2n) is 6.59. The van der Waals surface area contributed by atoms with Crippen molar-refractivity contribution in [2.45, 2.75) is 50.9 Å². The molecule has 2 bridgehead atoms. The molecule has 3 rings (SSSR count). The number of anilines is 1. The predicted octanol–water partition coefficient (Wildman–Crippen LogP) is 3.43. The fourth-order valence-corrected chi connectivity index (χ4v) is 4.41. The number of thioether (sulfide) groups is 1. The van der Waals surface area contributed by atoms with Gasteiger partial charge in [0, 0.05) is 37.1 Å². The van der Waals surface area contributed by atoms with Crippen molar-refractivity contribution >= 4 is 23.6 Å². The Morgan fingerprint density at radius 2 is 2.17 bits per heavy atom. The first-order chi connectivity index (χ1) is 11.7. The second kappa shape index (κ2) is 8.21. The molecule has 1 N–H and O–H groups in total. The summed E-state index contributed by atoms with van der Waals surface area (Å²) in [5, 5.41) is 3.04. The topological polar surface area (TPSA) is 48.5 Å². The van der Waals surface area contributed by atoms with Gasteiger partial charge in [-0.1, -0.05) is 13.8 Å². The Bertz CT molecular complexity index is 568. The molecule has 2 fully saturated rings. The summed E-state index contributed by atoms with van der Waals surface area (Å²) in [5.74, 6) is 2.72. The summed E-state index contributed by atoms with van der Waals surface area (Å²) >= 11 is 1.88. The molecule has 2 saturated heterocycles. The van der Waals surface area contributed by atoms with Crippen LogP contribution in [0.15, 0.2) is 18.3 Å². The van der Waals surface area contributed by atoms with Crippen LogP contribution < -0.4 is 5.32 Å². The predicted molar refractivity (Wildman–Crippen MR) is 100 cm³/mol. The van der Waals surface area contributed by atoms with E-state index in [1.165, 1.54) is 5.56 Å². The van der Waals surface area contributed by atoms with Crippen molar-refractivity contribution in [1.29, 1.82) is 0 Å². The lowest BCUT2D eigenvalue weighted by molar-refractivity contribution is 0.184. The SMILES string of the molecule is CCSCc1ccnc(NC(=O)N2[C@H]3CC[C@H]2CN(CC)CC3)c1. The van der Waals surface area contributed by atoms with E-state index in [1.807, 2.05) is 23.9 Å². The number of likely N-dealkylation sites (tertiary alicyclic amines) is 1. The molecule has 2 atom stereocenters. The maximum Gasteiger partial charge on any atom is 0.323 e. The Hall–Kier alpha value is -1.27. The largest absolute Gasteiger partial charge is 0.323 e. The minimum atomic E-state index is 0.0215. The summed E-state index contributed by atoms with van der Waals surface area (Å²) in [4.78, 5) is 21.7. The summed E-state index contributed by atoms with van der Waals surface area (Å²) in [6.07, 6.45) is 5.13. The first-order valence-electron chi connectivity index (χ1n) is 9.05. The van der Waals surface area contributed by atoms with E-state index < -0.39 is 0 Å². The minimum absolute atomic E-state index is 0.0215. The van der Waals surface area contributed by atoms with Crippen LogP contribution in [0, 0.1) is 0 Å². The van der Waals surface area contributed by atoms with Crippen LogP contribution in [0.3, 0.4) is 0 Å². The summed E-state index contributed by atoms with van der Waals surface area (Å²) in [5.41, 5.74) is 1.21. The molecule has 0 saturated carbocycles. The molecule has 24 heavy (non-hydrogen) atoms. The lowest BCUT2D eigenvalue weighted by Gasteiger charge is -2.28. The molecule has 2 aliphatic rings. The third kappa shape index (κ3) is 4.03. The van der Waals surface area contributed by atoms with Gasteiger partial charge in [-0.2, -0.15) is 11.8 Å². The lowest BCUT2D eigenvalue weighted by atomic mass is 10.1. The highest BCUT2D eigenvalue weighted by atomic mass is 32.2. The molecule has 1 aromatic rings. The summed E-state index contributed by atoms with van der Waals surface area (Å²) < 4.78 is 0. The molecule has 5 nitrogen and oxygen atoms in total. The van der Waals surface area contributed by atoms with Gasteiger partial charge in [-0.05, 0) is 49.3 Å². The van der Waals surface area contributed by atoms with Crippen molar-refractivity contribution in [2.24, 2.45) is 0 Å². The molecule has 0 aromatic carbocycles. The standard InChI is InChI=1S/C18H28N4OS/c1-3-21-10-8-15-5-6-16(12-21)22(15)18(23)20-17-11-14(7-9-19-17)13-24-4-2/h7,9,11,15-16H,3-6,8,10,12-13H2,1-2H3,(H,19,20,23)/t15-,16-/m0/s1. The fourth-order valence-electron chi connectivity index (χ4n) is 3.79. The smallest absolute Gasteiger partial charge is 0.317 e. The first kappa shape index (κ1) is 17.5. The number of fused-ring (bicyclic) bond motifs is 2. The Labute approximate surface area is 149 Å². The molecule has 6 heteroatoms. The molecule has 2 amide bonds. The number of rotatable bonds is 5. The molecule has 1 aromatic heterocycles. The third-order valence-corrected chi connectivity index (χ3v) is 6.03. The summed E-state index contributed by atoms with van der Waals surface area (Å²) in [6, 6.07) is 4.76. The van der Waals surface area contributed by atoms with Crippen molar-refractivity contribution in [3.05, 3.63) is 23.9 Å². The van der Waals surface area contributed by atoms with Crippen LogP contribution in [-0.2, 0) is 5.75 Å². The van der Waals surface area contributed by atoms with Gasteiger partial charge in [-0.25, -0.2) is 9.78 Å². The van der Waals surface area contributed by atoms with E-state index in [4.69, 9.17) is 0 Å². The van der Waals surface area contributed by atoms with E-state index in [0.717, 1.165) is 50.4 Å². The quantitative estimate of drug-likeness (QED) is 0.886. The van der Waals surface area contributed by atoms with Crippen LogP contribution in [0.4, 0.5) is 10.6 Å². The molecule has 0 aliphatic carbocycles. The fraction of sp³-hybridized carbons (Fsp3) is 0.667. The van der Waals surface area contributed by atoms with E-state index >= 15 is 0 Å². The van der Waals surface area contributed by atoms with E-state index in [0.29, 0.717) is 17.9 Å². The Morgan fingerprint density at radius 3 is 2.96 bits per heavy atom. The van der Waals surface area contributed by atoms with Gasteiger partial charge >= 0.3 is 6.03 Å². The number of aromatic nitrogens is 1. The van der Waals surface area contributed by atoms with E-state index in [1.54, 1.807) is 6.20 Å². The van der Waals surface area contributed by atoms with Gasteiger partial charge in [-0.3, -0.25) is 5.32 Å². The number of pyridine rings is 1. The first-order valence-corrected chi connectivity index (χ1v) is 10.2. The number of carbonyl (C=O) groups excluding carboxylic acids is 1. The number of likely N-dealkylation sites (N-methyl/N-ethyl adjacent to an activating group) is 1. The zero-order chi connectivity index (χ0) is 16.9. The molecule has 0 radical (unpaired) electrons. The van der Waals surface area contributed by atoms with Crippen LogP contribution in [0.25, 0.3) is 0 Å². The maximum atomic E-state index is 12.9. The van der Waals surface area contributed by atoms with E-state index in [-0.39, 0.29) is 6.03 Å². The monoisotopic (exact) mass is 348 g/mol. The molecule has 3 heterocycles. The summed E-state index contributed by atoms with van der Waals surface area (Å²) in [7, 11) is 0. The minimum Gasteiger partial charge on any atom is -0.317 e.